The van der Waals surface area contributed by atoms with Gasteiger partial charge in [-0.1, -0.05) is 25.1 Å². The predicted molar refractivity (Wildman–Crippen MR) is 99.7 cm³/mol. The van der Waals surface area contributed by atoms with Gasteiger partial charge in [-0.3, -0.25) is 0 Å². The van der Waals surface area contributed by atoms with Gasteiger partial charge < -0.3 is 15.0 Å². The number of alkyl halides is 3. The number of nitrogens with zero attached hydrogens (tertiary/aromatic N) is 3. The van der Waals surface area contributed by atoms with E-state index in [2.05, 4.69) is 15.3 Å². The van der Waals surface area contributed by atoms with Crippen molar-refractivity contribution in [1.82, 2.24) is 14.5 Å². The zero-order chi connectivity index (χ0) is 19.9. The predicted octanol–water partition coefficient (Wildman–Crippen LogP) is 4.39. The number of nitrogens with one attached hydrogen (secondary N) is 1. The molecule has 8 heteroatoms. The number of anilines is 1. The number of aliphatic hydroxyl groups excluding tert-OH is 1. The Morgan fingerprint density at radius 2 is 1.96 bits per heavy atom. The minimum Gasteiger partial charge on any atom is -0.393 e. The van der Waals surface area contributed by atoms with Gasteiger partial charge >= 0.3 is 6.18 Å². The first-order valence-corrected chi connectivity index (χ1v) is 9.23. The van der Waals surface area contributed by atoms with E-state index in [1.54, 1.807) is 6.07 Å². The molecule has 1 saturated carbocycles. The van der Waals surface area contributed by atoms with Crippen molar-refractivity contribution in [2.45, 2.75) is 44.6 Å². The number of aliphatic hydroxyl groups is 1. The van der Waals surface area contributed by atoms with E-state index in [0.29, 0.717) is 17.9 Å². The molecule has 5 nitrogen and oxygen atoms in total. The molecule has 3 aromatic rings. The van der Waals surface area contributed by atoms with Crippen molar-refractivity contribution < 1.29 is 18.3 Å². The average Bonchev–Trinajstić information content (AvgIpc) is 3.23. The summed E-state index contributed by atoms with van der Waals surface area (Å²) in [5, 5.41) is 13.8. The van der Waals surface area contributed by atoms with Crippen molar-refractivity contribution in [2.24, 2.45) is 5.92 Å². The van der Waals surface area contributed by atoms with Crippen LogP contribution in [-0.2, 0) is 12.7 Å². The summed E-state index contributed by atoms with van der Waals surface area (Å²) in [5.41, 5.74) is 0.223. The molecular formula is C20H21F3N4O. The highest BCUT2D eigenvalue weighted by Gasteiger charge is 2.33. The molecule has 148 valence electrons. The molecule has 4 rings (SSSR count). The van der Waals surface area contributed by atoms with E-state index in [0.717, 1.165) is 17.9 Å². The molecule has 2 N–H and O–H groups in total. The fraction of sp³-hybridized carbons (Fsp3) is 0.400. The maximum Gasteiger partial charge on any atom is 0.416 e. The molecule has 0 unspecified atom stereocenters. The van der Waals surface area contributed by atoms with Gasteiger partial charge in [-0.15, -0.1) is 0 Å². The van der Waals surface area contributed by atoms with Crippen molar-refractivity contribution in [3.05, 3.63) is 54.0 Å². The van der Waals surface area contributed by atoms with Crippen LogP contribution in [0.25, 0.3) is 11.0 Å². The lowest BCUT2D eigenvalue weighted by molar-refractivity contribution is -0.138. The molecule has 2 aromatic heterocycles. The standard InChI is InChI=1S/C20H21F3N4O/c1-12-8-14(9-17(12)28)27-7-6-15-18(25-11-26-19(15)27)24-10-13-4-2-3-5-16(13)20(21,22)23/h2-7,11-12,14,17,28H,8-10H2,1H3,(H,24,25,26)/t12-,14+,17-/m0/s1. The Hall–Kier alpha value is -2.61. The SMILES string of the molecule is C[C@H]1C[C@@H](n2ccc3c(NCc4ccccc4C(F)(F)F)ncnc32)C[C@@H]1O. The number of aromatic nitrogens is 3. The van der Waals surface area contributed by atoms with Crippen molar-refractivity contribution in [3.8, 4) is 0 Å². The summed E-state index contributed by atoms with van der Waals surface area (Å²) in [7, 11) is 0. The Kier molecular flexibility index (Phi) is 4.74. The summed E-state index contributed by atoms with van der Waals surface area (Å²) in [4.78, 5) is 8.58. The van der Waals surface area contributed by atoms with Crippen LogP contribution < -0.4 is 5.32 Å². The van der Waals surface area contributed by atoms with Crippen LogP contribution in [0.1, 0.15) is 36.9 Å². The lowest BCUT2D eigenvalue weighted by Crippen LogP contribution is -2.12. The number of benzene rings is 1. The number of halogens is 3. The molecule has 0 bridgehead atoms. The van der Waals surface area contributed by atoms with Crippen LogP contribution in [0.3, 0.4) is 0 Å². The first kappa shape index (κ1) is 18.7. The van der Waals surface area contributed by atoms with Crippen LogP contribution in [0.5, 0.6) is 0 Å². The van der Waals surface area contributed by atoms with Crippen molar-refractivity contribution in [2.75, 3.05) is 5.32 Å². The molecule has 0 radical (unpaired) electrons. The van der Waals surface area contributed by atoms with E-state index in [1.165, 1.54) is 18.5 Å². The van der Waals surface area contributed by atoms with Gasteiger partial charge in [-0.25, -0.2) is 9.97 Å². The van der Waals surface area contributed by atoms with Gasteiger partial charge in [0.1, 0.15) is 17.8 Å². The first-order valence-electron chi connectivity index (χ1n) is 9.23. The third kappa shape index (κ3) is 3.44. The van der Waals surface area contributed by atoms with Crippen LogP contribution in [0, 0.1) is 5.92 Å². The van der Waals surface area contributed by atoms with Crippen LogP contribution in [0.2, 0.25) is 0 Å². The molecule has 28 heavy (non-hydrogen) atoms. The number of fused-ring (bicyclic) bond motifs is 1. The topological polar surface area (TPSA) is 63.0 Å². The van der Waals surface area contributed by atoms with Gasteiger partial charge in [-0.2, -0.15) is 13.2 Å². The lowest BCUT2D eigenvalue weighted by atomic mass is 10.1. The Morgan fingerprint density at radius 1 is 1.18 bits per heavy atom. The number of hydrogen-bond acceptors (Lipinski definition) is 4. The second-order valence-corrected chi connectivity index (χ2v) is 7.36. The Morgan fingerprint density at radius 3 is 2.68 bits per heavy atom. The molecule has 0 amide bonds. The molecule has 1 aromatic carbocycles. The van der Waals surface area contributed by atoms with E-state index in [4.69, 9.17) is 0 Å². The van der Waals surface area contributed by atoms with Crippen LogP contribution in [-0.4, -0.2) is 25.7 Å². The normalized spacial score (nSPS) is 22.7. The van der Waals surface area contributed by atoms with E-state index in [-0.39, 0.29) is 30.2 Å². The number of rotatable bonds is 4. The molecule has 0 saturated heterocycles. The smallest absolute Gasteiger partial charge is 0.393 e. The highest BCUT2D eigenvalue weighted by molar-refractivity contribution is 5.87. The minimum atomic E-state index is -4.40. The second kappa shape index (κ2) is 7.09. The lowest BCUT2D eigenvalue weighted by Gasteiger charge is -2.15. The summed E-state index contributed by atoms with van der Waals surface area (Å²) < 4.78 is 41.6. The Bertz CT molecular complexity index is 975. The first-order chi connectivity index (χ1) is 13.3. The van der Waals surface area contributed by atoms with Crippen molar-refractivity contribution in [3.63, 3.8) is 0 Å². The van der Waals surface area contributed by atoms with E-state index >= 15 is 0 Å². The van der Waals surface area contributed by atoms with Crippen molar-refractivity contribution in [1.29, 1.82) is 0 Å². The monoisotopic (exact) mass is 390 g/mol. The summed E-state index contributed by atoms with van der Waals surface area (Å²) in [6.07, 6.45) is 0.103. The van der Waals surface area contributed by atoms with Gasteiger partial charge in [0, 0.05) is 18.8 Å². The van der Waals surface area contributed by atoms with Gasteiger partial charge in [0.25, 0.3) is 0 Å². The van der Waals surface area contributed by atoms with Crippen LogP contribution in [0.15, 0.2) is 42.9 Å². The third-order valence-electron chi connectivity index (χ3n) is 5.49. The van der Waals surface area contributed by atoms with Crippen LogP contribution >= 0.6 is 0 Å². The van der Waals surface area contributed by atoms with Gasteiger partial charge in [0.15, 0.2) is 0 Å². The summed E-state index contributed by atoms with van der Waals surface area (Å²) >= 11 is 0. The van der Waals surface area contributed by atoms with Gasteiger partial charge in [0.05, 0.1) is 17.1 Å². The van der Waals surface area contributed by atoms with Gasteiger partial charge in [-0.05, 0) is 36.5 Å². The zero-order valence-corrected chi connectivity index (χ0v) is 15.3. The Labute approximate surface area is 160 Å². The molecule has 1 fully saturated rings. The molecule has 0 aliphatic heterocycles. The quantitative estimate of drug-likeness (QED) is 0.693. The highest BCUT2D eigenvalue weighted by Crippen LogP contribution is 2.37. The minimum absolute atomic E-state index is 0.00610. The molecule has 1 aliphatic rings. The molecule has 0 spiro atoms. The third-order valence-corrected chi connectivity index (χ3v) is 5.49. The molecule has 1 aliphatic carbocycles. The van der Waals surface area contributed by atoms with E-state index < -0.39 is 11.7 Å². The zero-order valence-electron chi connectivity index (χ0n) is 15.3. The fourth-order valence-corrected chi connectivity index (χ4v) is 3.96. The summed E-state index contributed by atoms with van der Waals surface area (Å²) in [5.74, 6) is 0.716. The Balaban J connectivity index is 1.60. The van der Waals surface area contributed by atoms with Gasteiger partial charge in [0.2, 0.25) is 0 Å². The average molecular weight is 390 g/mol. The van der Waals surface area contributed by atoms with Crippen LogP contribution in [0.4, 0.5) is 19.0 Å². The summed E-state index contributed by atoms with van der Waals surface area (Å²) in [6, 6.07) is 7.52. The fourth-order valence-electron chi connectivity index (χ4n) is 3.96. The maximum atomic E-state index is 13.2. The molecule has 3 atom stereocenters. The number of hydrogen-bond donors (Lipinski definition) is 2. The highest BCUT2D eigenvalue weighted by atomic mass is 19.4. The second-order valence-electron chi connectivity index (χ2n) is 7.36. The molecule has 2 heterocycles. The largest absolute Gasteiger partial charge is 0.416 e. The molecular weight excluding hydrogens is 369 g/mol. The van der Waals surface area contributed by atoms with E-state index in [1.807, 2.05) is 23.8 Å². The van der Waals surface area contributed by atoms with E-state index in [9.17, 15) is 18.3 Å². The summed E-state index contributed by atoms with van der Waals surface area (Å²) in [6.45, 7) is 2.03. The maximum absolute atomic E-state index is 13.2. The van der Waals surface area contributed by atoms with Crippen molar-refractivity contribution >= 4 is 16.9 Å².